The Morgan fingerprint density at radius 3 is 2.33 bits per heavy atom. The van der Waals surface area contributed by atoms with Crippen molar-refractivity contribution < 1.29 is 28.7 Å². The first-order chi connectivity index (χ1) is 14.3. The van der Waals surface area contributed by atoms with Gasteiger partial charge in [0.1, 0.15) is 11.3 Å². The fourth-order valence-corrected chi connectivity index (χ4v) is 3.40. The summed E-state index contributed by atoms with van der Waals surface area (Å²) in [4.78, 5) is 49.8. The largest absolute Gasteiger partial charge is 0.475 e. The molecule has 2 aromatic heterocycles. The Kier molecular flexibility index (Phi) is 4.50. The summed E-state index contributed by atoms with van der Waals surface area (Å²) in [6.07, 6.45) is 3.21. The van der Waals surface area contributed by atoms with Gasteiger partial charge in [0.05, 0.1) is 6.54 Å². The normalized spacial score (nSPS) is 14.7. The van der Waals surface area contributed by atoms with Crippen molar-refractivity contribution in [3.05, 3.63) is 65.3 Å². The highest BCUT2D eigenvalue weighted by atomic mass is 16.4. The van der Waals surface area contributed by atoms with Gasteiger partial charge in [-0.1, -0.05) is 18.2 Å². The SMILES string of the molecule is CN1C(=O)C(=Cc2cn(Cc3ccc(C(=O)O)o3)c3ccccc23)C(=O)N(C)C1=O. The van der Waals surface area contributed by atoms with Crippen molar-refractivity contribution in [1.82, 2.24) is 14.4 Å². The first-order valence-electron chi connectivity index (χ1n) is 8.99. The second kappa shape index (κ2) is 7.03. The Balaban J connectivity index is 1.78. The third-order valence-corrected chi connectivity index (χ3v) is 4.96. The molecule has 0 spiro atoms. The molecule has 1 fully saturated rings. The molecular formula is C21H17N3O6. The molecule has 30 heavy (non-hydrogen) atoms. The number of carbonyl (C=O) groups is 4. The van der Waals surface area contributed by atoms with E-state index in [1.807, 2.05) is 28.8 Å². The highest BCUT2D eigenvalue weighted by Gasteiger charge is 2.37. The van der Waals surface area contributed by atoms with E-state index < -0.39 is 23.8 Å². The number of para-hydroxylation sites is 1. The van der Waals surface area contributed by atoms with Gasteiger partial charge in [0.25, 0.3) is 11.8 Å². The number of urea groups is 1. The Hall–Kier alpha value is -4.14. The van der Waals surface area contributed by atoms with E-state index in [1.54, 1.807) is 12.3 Å². The molecule has 1 N–H and O–H groups in total. The lowest BCUT2D eigenvalue weighted by Crippen LogP contribution is -2.52. The van der Waals surface area contributed by atoms with E-state index >= 15 is 0 Å². The van der Waals surface area contributed by atoms with Crippen LogP contribution in [-0.4, -0.2) is 57.4 Å². The van der Waals surface area contributed by atoms with Crippen LogP contribution in [0.1, 0.15) is 21.9 Å². The molecular weight excluding hydrogens is 390 g/mol. The summed E-state index contributed by atoms with van der Waals surface area (Å²) in [7, 11) is 2.64. The first-order valence-corrected chi connectivity index (χ1v) is 8.99. The van der Waals surface area contributed by atoms with Gasteiger partial charge in [0, 0.05) is 36.8 Å². The summed E-state index contributed by atoms with van der Waals surface area (Å²) in [5.41, 5.74) is 1.31. The highest BCUT2D eigenvalue weighted by Crippen LogP contribution is 2.27. The van der Waals surface area contributed by atoms with Crippen LogP contribution in [0.5, 0.6) is 0 Å². The molecule has 4 rings (SSSR count). The third-order valence-electron chi connectivity index (χ3n) is 4.96. The number of aromatic nitrogens is 1. The molecule has 9 heteroatoms. The monoisotopic (exact) mass is 407 g/mol. The summed E-state index contributed by atoms with van der Waals surface area (Å²) in [6, 6.07) is 9.67. The summed E-state index contributed by atoms with van der Waals surface area (Å²) in [5.74, 6) is -2.20. The minimum absolute atomic E-state index is 0.117. The molecule has 1 aromatic carbocycles. The van der Waals surface area contributed by atoms with Gasteiger partial charge in [-0.2, -0.15) is 0 Å². The average molecular weight is 407 g/mol. The van der Waals surface area contributed by atoms with Gasteiger partial charge in [-0.05, 0) is 24.3 Å². The zero-order valence-corrected chi connectivity index (χ0v) is 16.2. The number of imide groups is 2. The topological polar surface area (TPSA) is 113 Å². The lowest BCUT2D eigenvalue weighted by atomic mass is 10.1. The Labute approximate surface area is 170 Å². The van der Waals surface area contributed by atoms with Crippen LogP contribution >= 0.6 is 0 Å². The second-order valence-corrected chi connectivity index (χ2v) is 6.87. The second-order valence-electron chi connectivity index (χ2n) is 6.87. The number of hydrogen-bond donors (Lipinski definition) is 1. The number of amides is 4. The van der Waals surface area contributed by atoms with Gasteiger partial charge in [0.15, 0.2) is 0 Å². The van der Waals surface area contributed by atoms with Gasteiger partial charge >= 0.3 is 12.0 Å². The molecule has 0 bridgehead atoms. The number of hydrogen-bond acceptors (Lipinski definition) is 5. The minimum Gasteiger partial charge on any atom is -0.475 e. The number of benzene rings is 1. The first kappa shape index (κ1) is 19.2. The zero-order valence-electron chi connectivity index (χ0n) is 16.2. The van der Waals surface area contributed by atoms with Crippen molar-refractivity contribution in [1.29, 1.82) is 0 Å². The van der Waals surface area contributed by atoms with Crippen LogP contribution in [0.25, 0.3) is 17.0 Å². The summed E-state index contributed by atoms with van der Waals surface area (Å²) in [6.45, 7) is 0.261. The van der Waals surface area contributed by atoms with Crippen LogP contribution < -0.4 is 0 Å². The summed E-state index contributed by atoms with van der Waals surface area (Å²) < 4.78 is 7.17. The maximum atomic E-state index is 12.5. The lowest BCUT2D eigenvalue weighted by Gasteiger charge is -2.28. The standard InChI is InChI=1S/C21H17N3O6/c1-22-18(25)15(19(26)23(2)21(22)29)9-12-10-24(16-6-4-3-5-14(12)16)11-13-7-8-17(30-13)20(27)28/h3-10H,11H2,1-2H3,(H,27,28). The van der Waals surface area contributed by atoms with Gasteiger partial charge in [0.2, 0.25) is 5.76 Å². The number of carbonyl (C=O) groups excluding carboxylic acids is 3. The van der Waals surface area contributed by atoms with E-state index in [1.165, 1.54) is 26.2 Å². The van der Waals surface area contributed by atoms with Crippen molar-refractivity contribution in [2.24, 2.45) is 0 Å². The van der Waals surface area contributed by atoms with Crippen LogP contribution in [0.3, 0.4) is 0 Å². The number of rotatable bonds is 4. The Bertz CT molecular complexity index is 1220. The van der Waals surface area contributed by atoms with Gasteiger partial charge in [-0.3, -0.25) is 19.4 Å². The molecule has 1 aliphatic rings. The van der Waals surface area contributed by atoms with Crippen molar-refractivity contribution in [2.45, 2.75) is 6.54 Å². The number of carboxylic acid groups (broad SMARTS) is 1. The molecule has 0 aliphatic carbocycles. The molecule has 152 valence electrons. The van der Waals surface area contributed by atoms with E-state index in [4.69, 9.17) is 9.52 Å². The van der Waals surface area contributed by atoms with E-state index in [2.05, 4.69) is 0 Å². The third kappa shape index (κ3) is 3.06. The van der Waals surface area contributed by atoms with Gasteiger partial charge in [-0.15, -0.1) is 0 Å². The van der Waals surface area contributed by atoms with Crippen LogP contribution in [0.15, 0.2) is 52.6 Å². The van der Waals surface area contributed by atoms with Crippen LogP contribution in [0, 0.1) is 0 Å². The number of fused-ring (bicyclic) bond motifs is 1. The number of furan rings is 1. The maximum Gasteiger partial charge on any atom is 0.371 e. The molecule has 4 amide bonds. The summed E-state index contributed by atoms with van der Waals surface area (Å²) in [5, 5.41) is 9.82. The highest BCUT2D eigenvalue weighted by molar-refractivity contribution is 6.31. The molecule has 3 heterocycles. The van der Waals surface area contributed by atoms with E-state index in [0.29, 0.717) is 11.3 Å². The molecule has 3 aromatic rings. The molecule has 0 unspecified atom stereocenters. The molecule has 0 atom stereocenters. The van der Waals surface area contributed by atoms with Crippen LogP contribution in [0.4, 0.5) is 4.79 Å². The number of carboxylic acids is 1. The van der Waals surface area contributed by atoms with Gasteiger partial charge in [-0.25, -0.2) is 9.59 Å². The summed E-state index contributed by atoms with van der Waals surface area (Å²) >= 11 is 0. The number of likely N-dealkylation sites (N-methyl/N-ethyl adjacent to an activating group) is 2. The van der Waals surface area contributed by atoms with Crippen LogP contribution in [-0.2, 0) is 16.1 Å². The zero-order chi connectivity index (χ0) is 21.6. The van der Waals surface area contributed by atoms with Crippen LogP contribution in [0.2, 0.25) is 0 Å². The molecule has 1 aliphatic heterocycles. The Morgan fingerprint density at radius 2 is 1.70 bits per heavy atom. The number of nitrogens with zero attached hydrogens (tertiary/aromatic N) is 3. The fraction of sp³-hybridized carbons (Fsp3) is 0.143. The van der Waals surface area contributed by atoms with E-state index in [-0.39, 0.29) is 17.9 Å². The quantitative estimate of drug-likeness (QED) is 0.525. The van der Waals surface area contributed by atoms with E-state index in [0.717, 1.165) is 20.7 Å². The molecule has 1 saturated heterocycles. The maximum absolute atomic E-state index is 12.5. The smallest absolute Gasteiger partial charge is 0.371 e. The van der Waals surface area contributed by atoms with Crippen molar-refractivity contribution in [2.75, 3.05) is 14.1 Å². The predicted octanol–water partition coefficient (Wildman–Crippen LogP) is 2.41. The van der Waals surface area contributed by atoms with Crippen molar-refractivity contribution >= 4 is 40.8 Å². The minimum atomic E-state index is -1.15. The van der Waals surface area contributed by atoms with E-state index in [9.17, 15) is 19.2 Å². The number of barbiturate groups is 1. The fourth-order valence-electron chi connectivity index (χ4n) is 3.40. The van der Waals surface area contributed by atoms with Gasteiger partial charge < -0.3 is 14.1 Å². The van der Waals surface area contributed by atoms with Crippen molar-refractivity contribution in [3.63, 3.8) is 0 Å². The number of aromatic carboxylic acids is 1. The lowest BCUT2D eigenvalue weighted by molar-refractivity contribution is -0.134. The van der Waals surface area contributed by atoms with Crippen molar-refractivity contribution in [3.8, 4) is 0 Å². The predicted molar refractivity (Wildman–Crippen MR) is 106 cm³/mol. The Morgan fingerprint density at radius 1 is 1.03 bits per heavy atom. The molecule has 0 saturated carbocycles. The average Bonchev–Trinajstić information content (AvgIpc) is 3.34. The molecule has 0 radical (unpaired) electrons. The molecule has 9 nitrogen and oxygen atoms in total.